The molecule has 0 radical (unpaired) electrons. The lowest BCUT2D eigenvalue weighted by atomic mass is 9.33. The van der Waals surface area contributed by atoms with Crippen molar-refractivity contribution in [1.29, 1.82) is 0 Å². The predicted octanol–water partition coefficient (Wildman–Crippen LogP) is 5.78. The van der Waals surface area contributed by atoms with Gasteiger partial charge >= 0.3 is 0 Å². The number of carbonyl (C=O) groups is 2. The Kier molecular flexibility index (Phi) is 8.31. The minimum absolute atomic E-state index is 0.0174. The van der Waals surface area contributed by atoms with E-state index in [4.69, 9.17) is 0 Å². The molecule has 4 fully saturated rings. The monoisotopic (exact) mass is 666 g/mol. The van der Waals surface area contributed by atoms with Crippen LogP contribution in [0.4, 0.5) is 0 Å². The summed E-state index contributed by atoms with van der Waals surface area (Å²) in [6.45, 7) is 16.6. The van der Waals surface area contributed by atoms with E-state index in [2.05, 4.69) is 65.2 Å². The average Bonchev–Trinajstić information content (AvgIpc) is 2.99. The smallest absolute Gasteiger partial charge is 0.251 e. The number of aromatic hydroxyl groups is 3. The van der Waals surface area contributed by atoms with Gasteiger partial charge in [-0.2, -0.15) is 0 Å². The zero-order valence-corrected chi connectivity index (χ0v) is 29.9. The van der Waals surface area contributed by atoms with Crippen molar-refractivity contribution in [2.24, 2.45) is 50.2 Å². The van der Waals surface area contributed by atoms with Crippen LogP contribution in [0.2, 0.25) is 0 Å². The Morgan fingerprint density at radius 2 is 1.44 bits per heavy atom. The Hall–Kier alpha value is -2.78. The van der Waals surface area contributed by atoms with Crippen LogP contribution in [-0.2, 0) is 4.79 Å². The summed E-state index contributed by atoms with van der Waals surface area (Å²) in [5.74, 6) is -1.86. The lowest BCUT2D eigenvalue weighted by Crippen LogP contribution is -2.68. The molecular formula is C39H58N2O7. The number of fused-ring (bicyclic) bond motifs is 7. The summed E-state index contributed by atoms with van der Waals surface area (Å²) >= 11 is 0. The van der Waals surface area contributed by atoms with Crippen LogP contribution in [-0.4, -0.2) is 62.6 Å². The van der Waals surface area contributed by atoms with Crippen LogP contribution in [0.15, 0.2) is 23.8 Å². The third-order valence-corrected chi connectivity index (χ3v) is 15.1. The van der Waals surface area contributed by atoms with Gasteiger partial charge in [-0.25, -0.2) is 0 Å². The van der Waals surface area contributed by atoms with Gasteiger partial charge in [0.05, 0.1) is 17.6 Å². The van der Waals surface area contributed by atoms with Gasteiger partial charge in [-0.1, -0.05) is 60.1 Å². The number of phenols is 3. The number of nitrogens with one attached hydrogen (secondary N) is 2. The van der Waals surface area contributed by atoms with Crippen molar-refractivity contribution in [1.82, 2.24) is 10.6 Å². The van der Waals surface area contributed by atoms with Crippen molar-refractivity contribution in [3.8, 4) is 17.2 Å². The topological polar surface area (TPSA) is 159 Å². The molecule has 0 spiro atoms. The molecule has 5 aliphatic carbocycles. The SMILES string of the molecule is CC1(C)CC[C@]2(C(=O)NCCNC(=O)c3cc(O)c(O)c(O)c3)[C@H](O)C[C@]3(C)C(=CC[C@@H]4[C@@]5(C)CC[C@H](O)C(C)(C)[C@@H]5CC[C@]43C)[C@@H]2C1. The van der Waals surface area contributed by atoms with Gasteiger partial charge in [0, 0.05) is 18.7 Å². The fourth-order valence-electron chi connectivity index (χ4n) is 12.1. The van der Waals surface area contributed by atoms with Gasteiger partial charge in [0.1, 0.15) is 0 Å². The number of allylic oxidation sites excluding steroid dienone is 2. The standard InChI is InChI=1S/C39H58N2O7/c1-34(2)14-15-39(33(48)41-17-16-40-32(47)22-18-25(42)31(46)26(43)19-22)24(20-34)23-8-9-28-36(5)12-11-29(44)35(3,4)27(36)10-13-37(28,6)38(23,7)21-30(39)45/h8,18-19,24,27-30,42-46H,9-17,20-21H2,1-7H3,(H,40,47)(H,41,48)/t24-,27-,28+,29-,30+,36-,37+,38+,39+/m0/s1. The molecule has 0 saturated heterocycles. The zero-order valence-electron chi connectivity index (χ0n) is 29.9. The number of rotatable bonds is 5. The second-order valence-corrected chi connectivity index (χ2v) is 18.2. The maximum Gasteiger partial charge on any atom is 0.251 e. The fourth-order valence-corrected chi connectivity index (χ4v) is 12.1. The van der Waals surface area contributed by atoms with Gasteiger partial charge in [0.15, 0.2) is 17.2 Å². The second-order valence-electron chi connectivity index (χ2n) is 18.2. The van der Waals surface area contributed by atoms with Gasteiger partial charge in [0.25, 0.3) is 5.91 Å². The lowest BCUT2D eigenvalue weighted by Gasteiger charge is -2.71. The van der Waals surface area contributed by atoms with E-state index in [0.717, 1.165) is 57.1 Å². The number of aliphatic hydroxyl groups excluding tert-OH is 2. The molecule has 9 heteroatoms. The zero-order chi connectivity index (χ0) is 35.2. The molecule has 2 amide bonds. The van der Waals surface area contributed by atoms with Gasteiger partial charge in [-0.3, -0.25) is 9.59 Å². The first kappa shape index (κ1) is 35.1. The largest absolute Gasteiger partial charge is 0.504 e. The number of aliphatic hydroxyl groups is 2. The van der Waals surface area contributed by atoms with E-state index in [1.165, 1.54) is 5.57 Å². The molecule has 4 saturated carbocycles. The third kappa shape index (κ3) is 4.91. The average molecular weight is 667 g/mol. The Balaban J connectivity index is 1.26. The first-order valence-corrected chi connectivity index (χ1v) is 18.1. The molecule has 9 atom stereocenters. The highest BCUT2D eigenvalue weighted by Gasteiger charge is 2.71. The van der Waals surface area contributed by atoms with Crippen LogP contribution in [0, 0.1) is 50.2 Å². The third-order valence-electron chi connectivity index (χ3n) is 15.1. The molecule has 0 heterocycles. The van der Waals surface area contributed by atoms with Crippen LogP contribution < -0.4 is 10.6 Å². The number of phenolic OH excluding ortho intramolecular Hbond substituents is 3. The van der Waals surface area contributed by atoms with Crippen molar-refractivity contribution in [3.63, 3.8) is 0 Å². The Morgan fingerprint density at radius 3 is 2.10 bits per heavy atom. The fraction of sp³-hybridized carbons (Fsp3) is 0.744. The highest BCUT2D eigenvalue weighted by atomic mass is 16.3. The van der Waals surface area contributed by atoms with E-state index in [0.29, 0.717) is 24.7 Å². The van der Waals surface area contributed by atoms with Crippen LogP contribution >= 0.6 is 0 Å². The number of amides is 2. The summed E-state index contributed by atoms with van der Waals surface area (Å²) < 4.78 is 0. The quantitative estimate of drug-likeness (QED) is 0.119. The molecule has 9 nitrogen and oxygen atoms in total. The highest BCUT2D eigenvalue weighted by molar-refractivity contribution is 5.95. The van der Waals surface area contributed by atoms with Gasteiger partial charge < -0.3 is 36.2 Å². The molecule has 1 aromatic rings. The predicted molar refractivity (Wildman–Crippen MR) is 183 cm³/mol. The number of benzene rings is 1. The van der Waals surface area contributed by atoms with Crippen LogP contribution in [0.1, 0.15) is 117 Å². The lowest BCUT2D eigenvalue weighted by molar-refractivity contribution is -0.215. The molecule has 0 aliphatic heterocycles. The molecule has 0 bridgehead atoms. The van der Waals surface area contributed by atoms with E-state index >= 15 is 0 Å². The summed E-state index contributed by atoms with van der Waals surface area (Å²) in [5.41, 5.74) is 0.0370. The summed E-state index contributed by atoms with van der Waals surface area (Å²) in [6.07, 6.45) is 9.05. The van der Waals surface area contributed by atoms with E-state index in [-0.39, 0.29) is 63.7 Å². The molecular weight excluding hydrogens is 608 g/mol. The van der Waals surface area contributed by atoms with Crippen LogP contribution in [0.25, 0.3) is 0 Å². The van der Waals surface area contributed by atoms with Gasteiger partial charge in [0.2, 0.25) is 5.91 Å². The van der Waals surface area contributed by atoms with Crippen molar-refractivity contribution in [2.75, 3.05) is 13.1 Å². The van der Waals surface area contributed by atoms with E-state index in [9.17, 15) is 35.1 Å². The van der Waals surface area contributed by atoms with Crippen molar-refractivity contribution >= 4 is 11.8 Å². The van der Waals surface area contributed by atoms with E-state index < -0.39 is 34.7 Å². The summed E-state index contributed by atoms with van der Waals surface area (Å²) in [7, 11) is 0. The Bertz CT molecular complexity index is 1500. The minimum Gasteiger partial charge on any atom is -0.504 e. The number of hydrogen-bond acceptors (Lipinski definition) is 7. The molecule has 0 aromatic heterocycles. The number of carbonyl (C=O) groups excluding carboxylic acids is 2. The Labute approximate surface area is 285 Å². The van der Waals surface area contributed by atoms with E-state index in [1.54, 1.807) is 0 Å². The van der Waals surface area contributed by atoms with Crippen molar-refractivity contribution < 1.29 is 35.1 Å². The van der Waals surface area contributed by atoms with E-state index in [1.807, 2.05) is 0 Å². The van der Waals surface area contributed by atoms with Crippen molar-refractivity contribution in [2.45, 2.75) is 118 Å². The molecule has 5 aliphatic rings. The molecule has 6 rings (SSSR count). The molecule has 266 valence electrons. The molecule has 7 N–H and O–H groups in total. The first-order chi connectivity index (χ1) is 22.2. The Morgan fingerprint density at radius 1 is 0.792 bits per heavy atom. The van der Waals surface area contributed by atoms with Gasteiger partial charge in [-0.05, 0) is 115 Å². The summed E-state index contributed by atoms with van der Waals surface area (Å²) in [6, 6.07) is 2.14. The van der Waals surface area contributed by atoms with Gasteiger partial charge in [-0.15, -0.1) is 0 Å². The van der Waals surface area contributed by atoms with Crippen molar-refractivity contribution in [3.05, 3.63) is 29.3 Å². The maximum absolute atomic E-state index is 14.4. The molecule has 48 heavy (non-hydrogen) atoms. The van der Waals surface area contributed by atoms with Crippen LogP contribution in [0.5, 0.6) is 17.2 Å². The normalized spacial score (nSPS) is 41.0. The summed E-state index contributed by atoms with van der Waals surface area (Å²) in [5, 5.41) is 58.3. The molecule has 0 unspecified atom stereocenters. The van der Waals surface area contributed by atoms with Crippen LogP contribution in [0.3, 0.4) is 0 Å². The first-order valence-electron chi connectivity index (χ1n) is 18.1. The summed E-state index contributed by atoms with van der Waals surface area (Å²) in [4.78, 5) is 27.0. The maximum atomic E-state index is 14.4. The molecule has 1 aromatic carbocycles. The highest BCUT2D eigenvalue weighted by Crippen LogP contribution is 2.75. The number of hydrogen-bond donors (Lipinski definition) is 7. The minimum atomic E-state index is -0.958. The second kappa shape index (κ2) is 11.4.